The molecule has 0 saturated carbocycles. The van der Waals surface area contributed by atoms with E-state index in [0.717, 1.165) is 25.7 Å². The number of rotatable bonds is 5. The average molecular weight is 570 g/mol. The molecule has 2 aliphatic heterocycles. The van der Waals surface area contributed by atoms with Crippen LogP contribution in [0.15, 0.2) is 42.7 Å². The molecule has 3 aromatic heterocycles. The first kappa shape index (κ1) is 26.4. The summed E-state index contributed by atoms with van der Waals surface area (Å²) in [5, 5.41) is 27.9. The number of hydrogen-bond donors (Lipinski definition) is 2. The smallest absolute Gasteiger partial charge is 0.181 e. The second-order valence-electron chi connectivity index (χ2n) is 12.0. The normalized spacial score (nSPS) is 20.5. The molecule has 7 rings (SSSR count). The summed E-state index contributed by atoms with van der Waals surface area (Å²) in [6.45, 7) is 3.41. The number of piperidine rings is 1. The van der Waals surface area contributed by atoms with Gasteiger partial charge in [0.15, 0.2) is 11.5 Å². The van der Waals surface area contributed by atoms with Crippen LogP contribution in [0.1, 0.15) is 45.1 Å². The number of nitrogens with zero attached hydrogens (tertiary/aromatic N) is 8. The number of fused-ring (bicyclic) bond motifs is 4. The zero-order valence-electron chi connectivity index (χ0n) is 23.2. The first-order valence-corrected chi connectivity index (χ1v) is 14.0. The van der Waals surface area contributed by atoms with Gasteiger partial charge in [-0.25, -0.2) is 23.4 Å². The van der Waals surface area contributed by atoms with Crippen LogP contribution in [0.5, 0.6) is 0 Å². The molecule has 0 radical (unpaired) electrons. The molecule has 214 valence electrons. The Morgan fingerprint density at radius 2 is 1.88 bits per heavy atom. The van der Waals surface area contributed by atoms with Gasteiger partial charge < -0.3 is 15.7 Å². The molecule has 5 heterocycles. The molecule has 2 fully saturated rings. The number of nitriles is 1. The summed E-state index contributed by atoms with van der Waals surface area (Å²) in [6, 6.07) is 9.62. The Morgan fingerprint density at radius 1 is 1.12 bits per heavy atom. The lowest BCUT2D eigenvalue weighted by molar-refractivity contribution is 0.0585. The minimum atomic E-state index is -1.08. The van der Waals surface area contributed by atoms with E-state index in [0.29, 0.717) is 39.4 Å². The summed E-state index contributed by atoms with van der Waals surface area (Å²) in [4.78, 5) is 12.0. The maximum Gasteiger partial charge on any atom is 0.181 e. The van der Waals surface area contributed by atoms with Gasteiger partial charge in [-0.3, -0.25) is 4.40 Å². The van der Waals surface area contributed by atoms with E-state index >= 15 is 4.39 Å². The Bertz CT molecular complexity index is 1890. The van der Waals surface area contributed by atoms with Crippen LogP contribution in [0.3, 0.4) is 0 Å². The van der Waals surface area contributed by atoms with Gasteiger partial charge in [0.25, 0.3) is 0 Å². The monoisotopic (exact) mass is 569 g/mol. The van der Waals surface area contributed by atoms with Crippen LogP contribution in [0, 0.1) is 23.0 Å². The third kappa shape index (κ3) is 4.28. The van der Waals surface area contributed by atoms with E-state index in [9.17, 15) is 14.8 Å². The van der Waals surface area contributed by atoms with Crippen molar-refractivity contribution in [2.75, 3.05) is 4.90 Å². The molecule has 10 nitrogen and oxygen atoms in total. The predicted octanol–water partition coefficient (Wildman–Crippen LogP) is 4.19. The third-order valence-electron chi connectivity index (χ3n) is 8.30. The summed E-state index contributed by atoms with van der Waals surface area (Å²) in [7, 11) is 0. The van der Waals surface area contributed by atoms with Crippen molar-refractivity contribution in [3.63, 3.8) is 0 Å². The van der Waals surface area contributed by atoms with Gasteiger partial charge in [-0.1, -0.05) is 11.3 Å². The van der Waals surface area contributed by atoms with Crippen molar-refractivity contribution in [3.05, 3.63) is 59.9 Å². The van der Waals surface area contributed by atoms with Crippen molar-refractivity contribution < 1.29 is 13.9 Å². The highest BCUT2D eigenvalue weighted by Gasteiger charge is 2.41. The largest absolute Gasteiger partial charge is 0.389 e. The molecule has 2 saturated heterocycles. The lowest BCUT2D eigenvalue weighted by Crippen LogP contribution is -2.48. The number of benzene rings is 2. The topological polar surface area (TPSA) is 134 Å². The standard InChI is InChI=1S/C30H29F2N9O/c1-30(2,42)15-40-25-13-23(32)21(12-24(25)37-38-40)27-26(16-3-4-17(14-33)22(31)9-16)36-29-28(35-7-8-39(27)29)41-19-5-6-20(41)11-18(34)10-19/h3-4,7-9,12-13,18-20,42H,5-6,10-11,15,34H2,1-2H3/t18-,19+,20-. The van der Waals surface area contributed by atoms with Crippen LogP contribution >= 0.6 is 0 Å². The van der Waals surface area contributed by atoms with Gasteiger partial charge in [-0.2, -0.15) is 5.26 Å². The van der Waals surface area contributed by atoms with Crippen LogP contribution in [-0.2, 0) is 6.54 Å². The summed E-state index contributed by atoms with van der Waals surface area (Å²) in [6.07, 6.45) is 7.11. The molecular weight excluding hydrogens is 540 g/mol. The zero-order valence-corrected chi connectivity index (χ0v) is 23.2. The number of anilines is 1. The lowest BCUT2D eigenvalue weighted by atomic mass is 9.98. The fourth-order valence-electron chi connectivity index (χ4n) is 6.58. The van der Waals surface area contributed by atoms with Crippen LogP contribution in [0.25, 0.3) is 39.2 Å². The van der Waals surface area contributed by atoms with Gasteiger partial charge in [-0.15, -0.1) is 5.10 Å². The second kappa shape index (κ2) is 9.54. The van der Waals surface area contributed by atoms with Gasteiger partial charge in [0.05, 0.1) is 34.6 Å². The Hall–Kier alpha value is -4.47. The van der Waals surface area contributed by atoms with Crippen molar-refractivity contribution in [2.45, 2.75) is 69.8 Å². The summed E-state index contributed by atoms with van der Waals surface area (Å²) in [5.41, 5.74) is 7.87. The average Bonchev–Trinajstić information content (AvgIpc) is 3.59. The van der Waals surface area contributed by atoms with Gasteiger partial charge in [0.2, 0.25) is 0 Å². The maximum atomic E-state index is 16.1. The van der Waals surface area contributed by atoms with Crippen molar-refractivity contribution in [3.8, 4) is 28.6 Å². The van der Waals surface area contributed by atoms with E-state index in [1.54, 1.807) is 42.8 Å². The van der Waals surface area contributed by atoms with Crippen LogP contribution in [-0.4, -0.2) is 58.2 Å². The van der Waals surface area contributed by atoms with Crippen LogP contribution in [0.4, 0.5) is 14.6 Å². The Balaban J connectivity index is 1.46. The molecule has 5 aromatic rings. The SMILES string of the molecule is CC(C)(O)Cn1nnc2cc(-c3c(-c4ccc(C#N)c(F)c4)nc4c(N5[C@@H]6CC[C@H]5C[C@@H](N)C6)nccn34)c(F)cc21. The molecule has 0 amide bonds. The van der Waals surface area contributed by atoms with Gasteiger partial charge in [0, 0.05) is 47.7 Å². The molecular formula is C30H29F2N9O. The summed E-state index contributed by atoms with van der Waals surface area (Å²) < 4.78 is 34.2. The third-order valence-corrected chi connectivity index (χ3v) is 8.30. The number of hydrogen-bond acceptors (Lipinski definition) is 8. The minimum Gasteiger partial charge on any atom is -0.389 e. The number of nitrogens with two attached hydrogens (primary N) is 1. The minimum absolute atomic E-state index is 0.0938. The molecule has 0 aliphatic carbocycles. The highest BCUT2D eigenvalue weighted by molar-refractivity contribution is 5.89. The summed E-state index contributed by atoms with van der Waals surface area (Å²) in [5.74, 6) is -0.567. The highest BCUT2D eigenvalue weighted by atomic mass is 19.1. The number of halogens is 2. The van der Waals surface area contributed by atoms with Gasteiger partial charge in [0.1, 0.15) is 23.2 Å². The molecule has 3 atom stereocenters. The molecule has 0 unspecified atom stereocenters. The van der Waals surface area contributed by atoms with Crippen molar-refractivity contribution in [1.29, 1.82) is 5.26 Å². The van der Waals surface area contributed by atoms with Gasteiger partial charge >= 0.3 is 0 Å². The first-order chi connectivity index (χ1) is 20.1. The second-order valence-corrected chi connectivity index (χ2v) is 12.0. The molecule has 2 aliphatic rings. The Kier molecular flexibility index (Phi) is 6.00. The molecule has 0 spiro atoms. The predicted molar refractivity (Wildman–Crippen MR) is 152 cm³/mol. The molecule has 2 bridgehead atoms. The maximum absolute atomic E-state index is 16.1. The number of aliphatic hydroxyl groups is 1. The van der Waals surface area contributed by atoms with Crippen LogP contribution < -0.4 is 10.6 Å². The first-order valence-electron chi connectivity index (χ1n) is 14.0. The summed E-state index contributed by atoms with van der Waals surface area (Å²) >= 11 is 0. The van der Waals surface area contributed by atoms with E-state index in [1.807, 2.05) is 6.07 Å². The Morgan fingerprint density at radius 3 is 2.57 bits per heavy atom. The van der Waals surface area contributed by atoms with Crippen molar-refractivity contribution in [1.82, 2.24) is 29.4 Å². The number of imidazole rings is 1. The zero-order chi connectivity index (χ0) is 29.3. The number of aromatic nitrogens is 6. The van der Waals surface area contributed by atoms with E-state index in [4.69, 9.17) is 15.7 Å². The molecule has 12 heteroatoms. The van der Waals surface area contributed by atoms with Crippen molar-refractivity contribution in [2.24, 2.45) is 5.73 Å². The fourth-order valence-corrected chi connectivity index (χ4v) is 6.58. The molecule has 42 heavy (non-hydrogen) atoms. The van der Waals surface area contributed by atoms with Crippen LogP contribution in [0.2, 0.25) is 0 Å². The van der Waals surface area contributed by atoms with E-state index in [1.165, 1.54) is 22.9 Å². The van der Waals surface area contributed by atoms with E-state index in [-0.39, 0.29) is 35.8 Å². The van der Waals surface area contributed by atoms with Crippen molar-refractivity contribution >= 4 is 22.5 Å². The molecule has 2 aromatic carbocycles. The van der Waals surface area contributed by atoms with Gasteiger partial charge in [-0.05, 0) is 57.7 Å². The highest BCUT2D eigenvalue weighted by Crippen LogP contribution is 2.42. The van der Waals surface area contributed by atoms with E-state index < -0.39 is 17.2 Å². The fraction of sp³-hybridized carbons (Fsp3) is 0.367. The Labute approximate surface area is 240 Å². The lowest BCUT2D eigenvalue weighted by Gasteiger charge is -2.38. The molecule has 3 N–H and O–H groups in total. The van der Waals surface area contributed by atoms with E-state index in [2.05, 4.69) is 15.2 Å². The quantitative estimate of drug-likeness (QED) is 0.322.